The molecular formula is C13H23N3O. The molecule has 0 bridgehead atoms. The van der Waals surface area contributed by atoms with Gasteiger partial charge in [-0.25, -0.2) is 4.98 Å². The fourth-order valence-electron chi connectivity index (χ4n) is 1.58. The second-order valence-corrected chi connectivity index (χ2v) is 3.78. The molecule has 1 N–H and O–H groups in total. The molecule has 0 atom stereocenters. The molecule has 17 heavy (non-hydrogen) atoms. The summed E-state index contributed by atoms with van der Waals surface area (Å²) in [5.74, 6) is 1.72. The highest BCUT2D eigenvalue weighted by molar-refractivity contribution is 5.37. The zero-order chi connectivity index (χ0) is 12.5. The van der Waals surface area contributed by atoms with Crippen LogP contribution in [0, 0.1) is 0 Å². The smallest absolute Gasteiger partial charge is 0.137 e. The Morgan fingerprint density at radius 2 is 2.00 bits per heavy atom. The molecule has 4 heteroatoms. The normalized spacial score (nSPS) is 10.6. The number of anilines is 1. The summed E-state index contributed by atoms with van der Waals surface area (Å²) in [4.78, 5) is 6.59. The van der Waals surface area contributed by atoms with E-state index in [4.69, 9.17) is 4.74 Å². The van der Waals surface area contributed by atoms with Gasteiger partial charge >= 0.3 is 0 Å². The maximum Gasteiger partial charge on any atom is 0.137 e. The predicted molar refractivity (Wildman–Crippen MR) is 71.7 cm³/mol. The second-order valence-electron chi connectivity index (χ2n) is 3.78. The number of nitrogens with zero attached hydrogens (tertiary/aromatic N) is 2. The summed E-state index contributed by atoms with van der Waals surface area (Å²) in [7, 11) is 0. The number of hydrogen-bond donors (Lipinski definition) is 1. The number of rotatable bonds is 8. The highest BCUT2D eigenvalue weighted by Crippen LogP contribution is 2.11. The fourth-order valence-corrected chi connectivity index (χ4v) is 1.58. The van der Waals surface area contributed by atoms with Gasteiger partial charge < -0.3 is 15.0 Å². The number of aromatic nitrogens is 1. The van der Waals surface area contributed by atoms with Crippen molar-refractivity contribution in [1.29, 1.82) is 0 Å². The van der Waals surface area contributed by atoms with Gasteiger partial charge in [0, 0.05) is 13.1 Å². The molecule has 1 aromatic rings. The van der Waals surface area contributed by atoms with Crippen LogP contribution in [0.2, 0.25) is 0 Å². The molecule has 0 aliphatic rings. The van der Waals surface area contributed by atoms with Gasteiger partial charge in [-0.1, -0.05) is 13.8 Å². The molecule has 0 aliphatic carbocycles. The maximum absolute atomic E-state index is 5.64. The Kier molecular flexibility index (Phi) is 6.40. The van der Waals surface area contributed by atoms with Crippen molar-refractivity contribution in [2.24, 2.45) is 0 Å². The molecule has 0 spiro atoms. The van der Waals surface area contributed by atoms with Crippen molar-refractivity contribution in [2.75, 3.05) is 38.1 Å². The fraction of sp³-hybridized carbons (Fsp3) is 0.615. The van der Waals surface area contributed by atoms with Crippen LogP contribution in [-0.4, -0.2) is 42.7 Å². The first-order chi connectivity index (χ1) is 8.30. The highest BCUT2D eigenvalue weighted by Gasteiger charge is 2.00. The first-order valence-electron chi connectivity index (χ1n) is 6.35. The van der Waals surface area contributed by atoms with E-state index in [0.29, 0.717) is 6.61 Å². The third-order valence-electron chi connectivity index (χ3n) is 2.66. The Labute approximate surface area is 104 Å². The summed E-state index contributed by atoms with van der Waals surface area (Å²) in [6.45, 7) is 11.1. The first-order valence-corrected chi connectivity index (χ1v) is 6.35. The zero-order valence-corrected chi connectivity index (χ0v) is 11.1. The van der Waals surface area contributed by atoms with E-state index in [0.717, 1.165) is 37.7 Å². The Morgan fingerprint density at radius 1 is 1.24 bits per heavy atom. The van der Waals surface area contributed by atoms with Gasteiger partial charge in [0.05, 0.1) is 6.20 Å². The summed E-state index contributed by atoms with van der Waals surface area (Å²) in [6.07, 6.45) is 1.76. The largest absolute Gasteiger partial charge is 0.491 e. The molecule has 1 rings (SSSR count). The SMILES string of the molecule is CCNc1ccc(OCCN(CC)CC)cn1. The Balaban J connectivity index is 2.31. The van der Waals surface area contributed by atoms with Crippen molar-refractivity contribution in [3.8, 4) is 5.75 Å². The van der Waals surface area contributed by atoms with Crippen molar-refractivity contribution in [1.82, 2.24) is 9.88 Å². The topological polar surface area (TPSA) is 37.4 Å². The van der Waals surface area contributed by atoms with Gasteiger partial charge in [-0.15, -0.1) is 0 Å². The Hall–Kier alpha value is -1.29. The molecule has 0 aliphatic heterocycles. The lowest BCUT2D eigenvalue weighted by Gasteiger charge is -2.17. The van der Waals surface area contributed by atoms with Crippen molar-refractivity contribution >= 4 is 5.82 Å². The number of nitrogens with one attached hydrogen (secondary N) is 1. The van der Waals surface area contributed by atoms with Gasteiger partial charge in [0.25, 0.3) is 0 Å². The van der Waals surface area contributed by atoms with Crippen LogP contribution in [0.15, 0.2) is 18.3 Å². The number of ether oxygens (including phenoxy) is 1. The molecule has 0 saturated carbocycles. The molecule has 96 valence electrons. The van der Waals surface area contributed by atoms with E-state index in [-0.39, 0.29) is 0 Å². The van der Waals surface area contributed by atoms with E-state index >= 15 is 0 Å². The monoisotopic (exact) mass is 237 g/mol. The van der Waals surface area contributed by atoms with Crippen LogP contribution in [0.1, 0.15) is 20.8 Å². The van der Waals surface area contributed by atoms with E-state index in [9.17, 15) is 0 Å². The summed E-state index contributed by atoms with van der Waals surface area (Å²) in [5.41, 5.74) is 0. The molecule has 1 aromatic heterocycles. The van der Waals surface area contributed by atoms with E-state index < -0.39 is 0 Å². The van der Waals surface area contributed by atoms with Crippen LogP contribution in [0.5, 0.6) is 5.75 Å². The van der Waals surface area contributed by atoms with E-state index in [2.05, 4.69) is 36.0 Å². The van der Waals surface area contributed by atoms with Gasteiger partial charge in [-0.3, -0.25) is 0 Å². The van der Waals surface area contributed by atoms with Crippen LogP contribution in [0.25, 0.3) is 0 Å². The maximum atomic E-state index is 5.64. The molecule has 4 nitrogen and oxygen atoms in total. The molecular weight excluding hydrogens is 214 g/mol. The lowest BCUT2D eigenvalue weighted by Crippen LogP contribution is -2.27. The molecule has 0 saturated heterocycles. The highest BCUT2D eigenvalue weighted by atomic mass is 16.5. The van der Waals surface area contributed by atoms with Gasteiger partial charge in [0.15, 0.2) is 0 Å². The lowest BCUT2D eigenvalue weighted by molar-refractivity contribution is 0.222. The van der Waals surface area contributed by atoms with Gasteiger partial charge in [-0.2, -0.15) is 0 Å². The average Bonchev–Trinajstić information content (AvgIpc) is 2.37. The van der Waals surface area contributed by atoms with Crippen LogP contribution in [0.4, 0.5) is 5.82 Å². The predicted octanol–water partition coefficient (Wildman–Crippen LogP) is 2.23. The van der Waals surface area contributed by atoms with Crippen LogP contribution in [-0.2, 0) is 0 Å². The minimum Gasteiger partial charge on any atom is -0.491 e. The van der Waals surface area contributed by atoms with E-state index in [1.54, 1.807) is 6.20 Å². The molecule has 0 aromatic carbocycles. The standard InChI is InChI=1S/C13H23N3O/c1-4-14-13-8-7-12(11-15-13)17-10-9-16(5-2)6-3/h7-8,11H,4-6,9-10H2,1-3H3,(H,14,15). The summed E-state index contributed by atoms with van der Waals surface area (Å²) in [6, 6.07) is 3.89. The van der Waals surface area contributed by atoms with Gasteiger partial charge in [0.1, 0.15) is 18.2 Å². The number of hydrogen-bond acceptors (Lipinski definition) is 4. The molecule has 0 fully saturated rings. The minimum absolute atomic E-state index is 0.712. The van der Waals surface area contributed by atoms with Crippen LogP contribution in [0.3, 0.4) is 0 Å². The van der Waals surface area contributed by atoms with Crippen molar-refractivity contribution in [3.05, 3.63) is 18.3 Å². The lowest BCUT2D eigenvalue weighted by atomic mass is 10.4. The summed E-state index contributed by atoms with van der Waals surface area (Å²) >= 11 is 0. The summed E-state index contributed by atoms with van der Waals surface area (Å²) in [5, 5.41) is 3.15. The zero-order valence-electron chi connectivity index (χ0n) is 11.1. The second kappa shape index (κ2) is 7.90. The number of likely N-dealkylation sites (N-methyl/N-ethyl adjacent to an activating group) is 1. The van der Waals surface area contributed by atoms with Crippen LogP contribution < -0.4 is 10.1 Å². The third kappa shape index (κ3) is 5.04. The van der Waals surface area contributed by atoms with Crippen molar-refractivity contribution in [2.45, 2.75) is 20.8 Å². The third-order valence-corrected chi connectivity index (χ3v) is 2.66. The molecule has 1 heterocycles. The van der Waals surface area contributed by atoms with Crippen LogP contribution >= 0.6 is 0 Å². The molecule has 0 radical (unpaired) electrons. The van der Waals surface area contributed by atoms with E-state index in [1.165, 1.54) is 0 Å². The molecule has 0 amide bonds. The van der Waals surface area contributed by atoms with Crippen molar-refractivity contribution < 1.29 is 4.74 Å². The quantitative estimate of drug-likeness (QED) is 0.752. The van der Waals surface area contributed by atoms with E-state index in [1.807, 2.05) is 12.1 Å². The van der Waals surface area contributed by atoms with Gasteiger partial charge in [0.2, 0.25) is 0 Å². The van der Waals surface area contributed by atoms with Gasteiger partial charge in [-0.05, 0) is 32.1 Å². The first kappa shape index (κ1) is 13.8. The molecule has 0 unspecified atom stereocenters. The average molecular weight is 237 g/mol. The Bertz CT molecular complexity index is 296. The van der Waals surface area contributed by atoms with Crippen molar-refractivity contribution in [3.63, 3.8) is 0 Å². The summed E-state index contributed by atoms with van der Waals surface area (Å²) < 4.78 is 5.64. The Morgan fingerprint density at radius 3 is 2.53 bits per heavy atom. The minimum atomic E-state index is 0.712. The number of pyridine rings is 1.